The molecule has 0 saturated carbocycles. The molecule has 3 nitrogen and oxygen atoms in total. The lowest BCUT2D eigenvalue weighted by molar-refractivity contribution is 0.116. The van der Waals surface area contributed by atoms with Gasteiger partial charge < -0.3 is 15.3 Å². The van der Waals surface area contributed by atoms with E-state index in [1.54, 1.807) is 0 Å². The maximum atomic E-state index is 9.78. The number of likely N-dealkylation sites (N-methyl/N-ethyl adjacent to an activating group) is 1. The first kappa shape index (κ1) is 14.9. The number of β-amino-alcohol motifs (C(OH)–C–C–N with tert-alkyl or cyclic N) is 1. The first-order chi connectivity index (χ1) is 6.85. The zero-order valence-corrected chi connectivity index (χ0v) is 11.0. The lowest BCUT2D eigenvalue weighted by Crippen LogP contribution is -2.44. The van der Waals surface area contributed by atoms with Crippen molar-refractivity contribution in [3.05, 3.63) is 0 Å². The molecule has 0 aliphatic rings. The summed E-state index contributed by atoms with van der Waals surface area (Å²) in [4.78, 5) is 2.19. The lowest BCUT2D eigenvalue weighted by atomic mass is 10.1. The largest absolute Gasteiger partial charge is 0.390 e. The van der Waals surface area contributed by atoms with Gasteiger partial charge in [0.1, 0.15) is 0 Å². The molecule has 0 amide bonds. The van der Waals surface area contributed by atoms with Crippen LogP contribution in [0, 0.1) is 0 Å². The molecule has 3 heteroatoms. The summed E-state index contributed by atoms with van der Waals surface area (Å²) in [7, 11) is 2.07. The van der Waals surface area contributed by atoms with E-state index in [1.165, 1.54) is 12.8 Å². The number of hydrogen-bond donors (Lipinski definition) is 2. The number of hydrogen-bond acceptors (Lipinski definition) is 3. The minimum absolute atomic E-state index is 0.0863. The number of nitrogens with zero attached hydrogens (tertiary/aromatic N) is 1. The van der Waals surface area contributed by atoms with Gasteiger partial charge in [-0.05, 0) is 40.8 Å². The SMILES string of the molecule is CCCCN(C)CC(O)CNC(C)(C)C. The van der Waals surface area contributed by atoms with Crippen LogP contribution in [0.15, 0.2) is 0 Å². The van der Waals surface area contributed by atoms with E-state index in [4.69, 9.17) is 0 Å². The van der Waals surface area contributed by atoms with Crippen molar-refractivity contribution in [2.45, 2.75) is 52.2 Å². The Bertz CT molecular complexity index is 154. The van der Waals surface area contributed by atoms with Crippen LogP contribution in [-0.4, -0.2) is 48.3 Å². The second kappa shape index (κ2) is 7.20. The molecule has 0 rings (SSSR count). The second-order valence-electron chi connectivity index (χ2n) is 5.40. The van der Waals surface area contributed by atoms with Crippen LogP contribution >= 0.6 is 0 Å². The summed E-state index contributed by atoms with van der Waals surface area (Å²) >= 11 is 0. The van der Waals surface area contributed by atoms with E-state index in [-0.39, 0.29) is 11.6 Å². The Morgan fingerprint density at radius 3 is 2.40 bits per heavy atom. The highest BCUT2D eigenvalue weighted by Gasteiger charge is 2.13. The highest BCUT2D eigenvalue weighted by molar-refractivity contribution is 4.74. The van der Waals surface area contributed by atoms with E-state index in [9.17, 15) is 5.11 Å². The van der Waals surface area contributed by atoms with E-state index < -0.39 is 0 Å². The quantitative estimate of drug-likeness (QED) is 0.676. The van der Waals surface area contributed by atoms with Crippen LogP contribution in [0.4, 0.5) is 0 Å². The second-order valence-corrected chi connectivity index (χ2v) is 5.40. The van der Waals surface area contributed by atoms with Crippen molar-refractivity contribution in [1.29, 1.82) is 0 Å². The molecular weight excluding hydrogens is 188 g/mol. The fraction of sp³-hybridized carbons (Fsp3) is 1.00. The number of nitrogens with one attached hydrogen (secondary N) is 1. The van der Waals surface area contributed by atoms with Gasteiger partial charge in [0.25, 0.3) is 0 Å². The summed E-state index contributed by atoms with van der Waals surface area (Å²) in [6, 6.07) is 0. The van der Waals surface area contributed by atoms with Crippen LogP contribution in [0.1, 0.15) is 40.5 Å². The van der Waals surface area contributed by atoms with E-state index in [0.29, 0.717) is 6.54 Å². The van der Waals surface area contributed by atoms with Gasteiger partial charge in [-0.1, -0.05) is 13.3 Å². The summed E-state index contributed by atoms with van der Waals surface area (Å²) < 4.78 is 0. The Morgan fingerprint density at radius 1 is 1.33 bits per heavy atom. The molecule has 0 radical (unpaired) electrons. The van der Waals surface area contributed by atoms with Crippen molar-refractivity contribution in [3.63, 3.8) is 0 Å². The van der Waals surface area contributed by atoms with Gasteiger partial charge in [0.05, 0.1) is 6.10 Å². The Kier molecular flexibility index (Phi) is 7.14. The maximum absolute atomic E-state index is 9.78. The Morgan fingerprint density at radius 2 is 1.93 bits per heavy atom. The summed E-state index contributed by atoms with van der Waals surface area (Å²) in [5.41, 5.74) is 0.0863. The third-order valence-corrected chi connectivity index (χ3v) is 2.28. The fourth-order valence-corrected chi connectivity index (χ4v) is 1.37. The van der Waals surface area contributed by atoms with E-state index >= 15 is 0 Å². The van der Waals surface area contributed by atoms with Crippen LogP contribution < -0.4 is 5.32 Å². The highest BCUT2D eigenvalue weighted by atomic mass is 16.3. The molecule has 2 N–H and O–H groups in total. The molecule has 0 aromatic rings. The van der Waals surface area contributed by atoms with Crippen molar-refractivity contribution in [2.24, 2.45) is 0 Å². The molecule has 0 bridgehead atoms. The number of unbranched alkanes of at least 4 members (excludes halogenated alkanes) is 1. The molecule has 0 heterocycles. The molecule has 1 unspecified atom stereocenters. The first-order valence-corrected chi connectivity index (χ1v) is 5.97. The molecule has 15 heavy (non-hydrogen) atoms. The highest BCUT2D eigenvalue weighted by Crippen LogP contribution is 1.99. The third-order valence-electron chi connectivity index (χ3n) is 2.28. The third kappa shape index (κ3) is 10.2. The molecule has 1 atom stereocenters. The van der Waals surface area contributed by atoms with Crippen molar-refractivity contribution < 1.29 is 5.11 Å². The van der Waals surface area contributed by atoms with Gasteiger partial charge >= 0.3 is 0 Å². The normalized spacial score (nSPS) is 14.6. The summed E-state index contributed by atoms with van der Waals surface area (Å²) in [5, 5.41) is 13.1. The van der Waals surface area contributed by atoms with Crippen LogP contribution in [0.5, 0.6) is 0 Å². The zero-order chi connectivity index (χ0) is 11.9. The molecule has 0 fully saturated rings. The minimum Gasteiger partial charge on any atom is -0.390 e. The number of aliphatic hydroxyl groups is 1. The number of rotatable bonds is 7. The van der Waals surface area contributed by atoms with E-state index in [0.717, 1.165) is 13.1 Å². The minimum atomic E-state index is -0.272. The van der Waals surface area contributed by atoms with Crippen LogP contribution in [-0.2, 0) is 0 Å². The Labute approximate surface area is 94.9 Å². The molecule has 92 valence electrons. The first-order valence-electron chi connectivity index (χ1n) is 5.97. The summed E-state index contributed by atoms with van der Waals surface area (Å²) in [6.07, 6.45) is 2.14. The van der Waals surface area contributed by atoms with Gasteiger partial charge in [-0.2, -0.15) is 0 Å². The summed E-state index contributed by atoms with van der Waals surface area (Å²) in [6.45, 7) is 11.0. The van der Waals surface area contributed by atoms with Gasteiger partial charge in [-0.15, -0.1) is 0 Å². The Hall–Kier alpha value is -0.120. The molecule has 0 aromatic heterocycles. The predicted molar refractivity (Wildman–Crippen MR) is 66.2 cm³/mol. The molecule has 0 aromatic carbocycles. The van der Waals surface area contributed by atoms with Gasteiger partial charge in [0.15, 0.2) is 0 Å². The molecule has 0 aliphatic carbocycles. The predicted octanol–water partition coefficient (Wildman–Crippen LogP) is 1.47. The fourth-order valence-electron chi connectivity index (χ4n) is 1.37. The zero-order valence-electron chi connectivity index (χ0n) is 11.0. The van der Waals surface area contributed by atoms with Gasteiger partial charge in [0, 0.05) is 18.6 Å². The maximum Gasteiger partial charge on any atom is 0.0791 e. The lowest BCUT2D eigenvalue weighted by Gasteiger charge is -2.25. The van der Waals surface area contributed by atoms with Crippen molar-refractivity contribution >= 4 is 0 Å². The molecule has 0 saturated heterocycles. The average molecular weight is 216 g/mol. The topological polar surface area (TPSA) is 35.5 Å². The van der Waals surface area contributed by atoms with Crippen LogP contribution in [0.2, 0.25) is 0 Å². The molecule has 0 spiro atoms. The van der Waals surface area contributed by atoms with Crippen molar-refractivity contribution in [3.8, 4) is 0 Å². The van der Waals surface area contributed by atoms with Crippen LogP contribution in [0.3, 0.4) is 0 Å². The monoisotopic (exact) mass is 216 g/mol. The van der Waals surface area contributed by atoms with Gasteiger partial charge in [-0.3, -0.25) is 0 Å². The van der Waals surface area contributed by atoms with Crippen LogP contribution in [0.25, 0.3) is 0 Å². The van der Waals surface area contributed by atoms with Gasteiger partial charge in [0.2, 0.25) is 0 Å². The smallest absolute Gasteiger partial charge is 0.0791 e. The van der Waals surface area contributed by atoms with E-state index in [2.05, 4.69) is 45.0 Å². The molecular formula is C12H28N2O. The number of aliphatic hydroxyl groups excluding tert-OH is 1. The Balaban J connectivity index is 3.59. The van der Waals surface area contributed by atoms with E-state index in [1.807, 2.05) is 0 Å². The summed E-state index contributed by atoms with van der Waals surface area (Å²) in [5.74, 6) is 0. The van der Waals surface area contributed by atoms with Crippen molar-refractivity contribution in [1.82, 2.24) is 10.2 Å². The molecule has 0 aliphatic heterocycles. The van der Waals surface area contributed by atoms with Crippen molar-refractivity contribution in [2.75, 3.05) is 26.7 Å². The average Bonchev–Trinajstić information content (AvgIpc) is 2.10. The van der Waals surface area contributed by atoms with Gasteiger partial charge in [-0.25, -0.2) is 0 Å². The standard InChI is InChI=1S/C12H28N2O/c1-6-7-8-14(5)10-11(15)9-13-12(2,3)4/h11,13,15H,6-10H2,1-5H3.